The Kier molecular flexibility index (Phi) is 4.16. The average molecular weight is 261 g/mol. The highest BCUT2D eigenvalue weighted by Gasteiger charge is 2.12. The van der Waals surface area contributed by atoms with Crippen molar-refractivity contribution in [1.29, 1.82) is 0 Å². The van der Waals surface area contributed by atoms with Gasteiger partial charge in [0.15, 0.2) is 0 Å². The Bertz CT molecular complexity index is 563. The molecule has 2 aromatic rings. The fraction of sp³-hybridized carbons (Fsp3) is 0.429. The number of rotatable bonds is 5. The molecule has 3 N–H and O–H groups in total. The van der Waals surface area contributed by atoms with Crippen LogP contribution < -0.4 is 5.32 Å². The lowest BCUT2D eigenvalue weighted by molar-refractivity contribution is -0.121. The van der Waals surface area contributed by atoms with Crippen LogP contribution >= 0.6 is 0 Å². The Balaban J connectivity index is 1.96. The summed E-state index contributed by atoms with van der Waals surface area (Å²) in [4.78, 5) is 19.0. The van der Waals surface area contributed by atoms with Gasteiger partial charge >= 0.3 is 0 Å². The molecule has 1 unspecified atom stereocenters. The first-order valence-electron chi connectivity index (χ1n) is 6.43. The van der Waals surface area contributed by atoms with Crippen molar-refractivity contribution in [3.05, 3.63) is 30.1 Å². The topological polar surface area (TPSA) is 78.0 Å². The van der Waals surface area contributed by atoms with Gasteiger partial charge in [-0.1, -0.05) is 13.8 Å². The number of carbonyl (C=O) groups is 1. The molecule has 1 atom stereocenters. The van der Waals surface area contributed by atoms with E-state index >= 15 is 0 Å². The fourth-order valence-electron chi connectivity index (χ4n) is 1.85. The van der Waals surface area contributed by atoms with Gasteiger partial charge in [0.25, 0.3) is 0 Å². The van der Waals surface area contributed by atoms with E-state index in [2.05, 4.69) is 15.3 Å². The highest BCUT2D eigenvalue weighted by atomic mass is 16.3. The number of nitrogens with zero attached hydrogens (tertiary/aromatic N) is 1. The number of hydrogen-bond acceptors (Lipinski definition) is 3. The van der Waals surface area contributed by atoms with Gasteiger partial charge in [-0.25, -0.2) is 4.98 Å². The number of nitrogens with one attached hydrogen (secondary N) is 2. The minimum atomic E-state index is -0.506. The third-order valence-corrected chi connectivity index (χ3v) is 3.17. The molecule has 2 heterocycles. The zero-order chi connectivity index (χ0) is 13.8. The third kappa shape index (κ3) is 3.32. The highest BCUT2D eigenvalue weighted by molar-refractivity contribution is 5.87. The van der Waals surface area contributed by atoms with E-state index in [1.54, 1.807) is 12.4 Å². The van der Waals surface area contributed by atoms with Crippen molar-refractivity contribution in [3.8, 4) is 0 Å². The van der Waals surface area contributed by atoms with Gasteiger partial charge in [-0.15, -0.1) is 0 Å². The summed E-state index contributed by atoms with van der Waals surface area (Å²) in [6.07, 6.45) is 3.29. The molecule has 5 nitrogen and oxygen atoms in total. The lowest BCUT2D eigenvalue weighted by Gasteiger charge is -2.14. The van der Waals surface area contributed by atoms with Gasteiger partial charge in [-0.3, -0.25) is 4.79 Å². The standard InChI is InChI=1S/C14H19N3O2/c1-9(2)12(18)8-16-13(19)6-10-7-17-14-11(10)4-3-5-15-14/h3-5,7,9,12,18H,6,8H2,1-2H3,(H,15,17)(H,16,19). The quantitative estimate of drug-likeness (QED) is 0.757. The van der Waals surface area contributed by atoms with Crippen LogP contribution in [-0.4, -0.2) is 33.6 Å². The van der Waals surface area contributed by atoms with Crippen LogP contribution in [0.15, 0.2) is 24.5 Å². The van der Waals surface area contributed by atoms with Crippen molar-refractivity contribution in [1.82, 2.24) is 15.3 Å². The molecule has 0 aliphatic carbocycles. The number of aliphatic hydroxyl groups excluding tert-OH is 1. The number of hydrogen-bond donors (Lipinski definition) is 3. The highest BCUT2D eigenvalue weighted by Crippen LogP contribution is 2.15. The van der Waals surface area contributed by atoms with Crippen LogP contribution in [0.5, 0.6) is 0 Å². The molecule has 102 valence electrons. The lowest BCUT2D eigenvalue weighted by atomic mass is 10.1. The fourth-order valence-corrected chi connectivity index (χ4v) is 1.85. The molecule has 1 amide bonds. The minimum Gasteiger partial charge on any atom is -0.391 e. The van der Waals surface area contributed by atoms with Gasteiger partial charge < -0.3 is 15.4 Å². The molecule has 2 rings (SSSR count). The summed E-state index contributed by atoms with van der Waals surface area (Å²) >= 11 is 0. The number of fused-ring (bicyclic) bond motifs is 1. The molecule has 0 bridgehead atoms. The van der Waals surface area contributed by atoms with E-state index < -0.39 is 6.10 Å². The molecular weight excluding hydrogens is 242 g/mol. The van der Waals surface area contributed by atoms with Gasteiger partial charge in [0, 0.05) is 24.3 Å². The first-order chi connectivity index (χ1) is 9.08. The summed E-state index contributed by atoms with van der Waals surface area (Å²) in [6.45, 7) is 4.13. The Morgan fingerprint density at radius 1 is 1.53 bits per heavy atom. The van der Waals surface area contributed by atoms with Crippen molar-refractivity contribution in [3.63, 3.8) is 0 Å². The molecule has 19 heavy (non-hydrogen) atoms. The van der Waals surface area contributed by atoms with E-state index in [1.165, 1.54) is 0 Å². The maximum atomic E-state index is 11.8. The van der Waals surface area contributed by atoms with Crippen molar-refractivity contribution in [2.24, 2.45) is 5.92 Å². The largest absolute Gasteiger partial charge is 0.391 e. The second-order valence-corrected chi connectivity index (χ2v) is 5.01. The molecular formula is C14H19N3O2. The first-order valence-corrected chi connectivity index (χ1v) is 6.43. The van der Waals surface area contributed by atoms with Crippen molar-refractivity contribution in [2.75, 3.05) is 6.54 Å². The summed E-state index contributed by atoms with van der Waals surface area (Å²) < 4.78 is 0. The van der Waals surface area contributed by atoms with E-state index in [4.69, 9.17) is 0 Å². The monoisotopic (exact) mass is 261 g/mol. The second kappa shape index (κ2) is 5.84. The molecule has 0 saturated heterocycles. The van der Waals surface area contributed by atoms with E-state index in [0.29, 0.717) is 0 Å². The van der Waals surface area contributed by atoms with Crippen LogP contribution in [0, 0.1) is 5.92 Å². The van der Waals surface area contributed by atoms with E-state index in [9.17, 15) is 9.90 Å². The molecule has 0 aromatic carbocycles. The minimum absolute atomic E-state index is 0.0931. The molecule has 0 radical (unpaired) electrons. The zero-order valence-electron chi connectivity index (χ0n) is 11.2. The normalized spacial score (nSPS) is 12.8. The summed E-state index contributed by atoms with van der Waals surface area (Å²) in [6, 6.07) is 3.78. The van der Waals surface area contributed by atoms with Gasteiger partial charge in [0.2, 0.25) is 5.91 Å². The molecule has 0 spiro atoms. The second-order valence-electron chi connectivity index (χ2n) is 5.01. The van der Waals surface area contributed by atoms with Gasteiger partial charge in [-0.05, 0) is 23.6 Å². The van der Waals surface area contributed by atoms with Crippen LogP contribution in [0.25, 0.3) is 11.0 Å². The van der Waals surface area contributed by atoms with Crippen molar-refractivity contribution >= 4 is 16.9 Å². The predicted molar refractivity (Wildman–Crippen MR) is 73.7 cm³/mol. The van der Waals surface area contributed by atoms with Crippen LogP contribution in [0.1, 0.15) is 19.4 Å². The van der Waals surface area contributed by atoms with Crippen molar-refractivity contribution in [2.45, 2.75) is 26.4 Å². The Morgan fingerprint density at radius 2 is 2.32 bits per heavy atom. The number of aromatic nitrogens is 2. The molecule has 5 heteroatoms. The molecule has 2 aromatic heterocycles. The Hall–Kier alpha value is -1.88. The van der Waals surface area contributed by atoms with Crippen LogP contribution in [-0.2, 0) is 11.2 Å². The number of amides is 1. The molecule has 0 aliphatic heterocycles. The smallest absolute Gasteiger partial charge is 0.224 e. The predicted octanol–water partition coefficient (Wildman–Crippen LogP) is 1.24. The zero-order valence-corrected chi connectivity index (χ0v) is 11.2. The van der Waals surface area contributed by atoms with Crippen LogP contribution in [0.4, 0.5) is 0 Å². The van der Waals surface area contributed by atoms with Gasteiger partial charge in [0.1, 0.15) is 5.65 Å². The third-order valence-electron chi connectivity index (χ3n) is 3.17. The van der Waals surface area contributed by atoms with Crippen LogP contribution in [0.3, 0.4) is 0 Å². The van der Waals surface area contributed by atoms with E-state index in [-0.39, 0.29) is 24.8 Å². The number of carbonyl (C=O) groups excluding carboxylic acids is 1. The van der Waals surface area contributed by atoms with Crippen LogP contribution in [0.2, 0.25) is 0 Å². The number of H-pyrrole nitrogens is 1. The average Bonchev–Trinajstić information content (AvgIpc) is 2.79. The van der Waals surface area contributed by atoms with E-state index in [0.717, 1.165) is 16.6 Å². The molecule has 0 fully saturated rings. The van der Waals surface area contributed by atoms with E-state index in [1.807, 2.05) is 26.0 Å². The Labute approximate surface area is 112 Å². The number of aliphatic hydroxyl groups is 1. The summed E-state index contributed by atoms with van der Waals surface area (Å²) in [5, 5.41) is 13.3. The van der Waals surface area contributed by atoms with Crippen molar-refractivity contribution < 1.29 is 9.90 Å². The Morgan fingerprint density at radius 3 is 3.05 bits per heavy atom. The lowest BCUT2D eigenvalue weighted by Crippen LogP contribution is -2.35. The maximum Gasteiger partial charge on any atom is 0.224 e. The summed E-state index contributed by atoms with van der Waals surface area (Å²) in [5.74, 6) is 0.0436. The summed E-state index contributed by atoms with van der Waals surface area (Å²) in [7, 11) is 0. The van der Waals surface area contributed by atoms with Gasteiger partial charge in [-0.2, -0.15) is 0 Å². The first kappa shape index (κ1) is 13.5. The summed E-state index contributed by atoms with van der Waals surface area (Å²) in [5.41, 5.74) is 1.70. The van der Waals surface area contributed by atoms with Gasteiger partial charge in [0.05, 0.1) is 12.5 Å². The number of aromatic amines is 1. The molecule has 0 aliphatic rings. The SMILES string of the molecule is CC(C)C(O)CNC(=O)Cc1c[nH]c2ncccc12. The maximum absolute atomic E-state index is 11.8. The number of pyridine rings is 1. The molecule has 0 saturated carbocycles.